The molecular formula is C17H14ClN7. The zero-order chi connectivity index (χ0) is 17.6. The van der Waals surface area contributed by atoms with Crippen molar-refractivity contribution < 1.29 is 0 Å². The molecule has 0 aliphatic carbocycles. The fourth-order valence-electron chi connectivity index (χ4n) is 2.14. The molecule has 0 aliphatic heterocycles. The predicted octanol–water partition coefficient (Wildman–Crippen LogP) is 2.99. The highest BCUT2D eigenvalue weighted by molar-refractivity contribution is 6.28. The lowest BCUT2D eigenvalue weighted by molar-refractivity contribution is 1.18. The van der Waals surface area contributed by atoms with E-state index in [1.807, 2.05) is 30.5 Å². The molecule has 4 rings (SSSR count). The van der Waals surface area contributed by atoms with Crippen LogP contribution in [0.2, 0.25) is 5.28 Å². The molecule has 0 amide bonds. The molecule has 0 unspecified atom stereocenters. The summed E-state index contributed by atoms with van der Waals surface area (Å²) in [4.78, 5) is 19.9. The Morgan fingerprint density at radius 3 is 2.20 bits per heavy atom. The fourth-order valence-corrected chi connectivity index (χ4v) is 2.30. The third-order valence-corrected chi connectivity index (χ3v) is 3.42. The first-order valence-electron chi connectivity index (χ1n) is 7.29. The summed E-state index contributed by atoms with van der Waals surface area (Å²) >= 11 is 5.34. The Morgan fingerprint density at radius 1 is 0.800 bits per heavy atom. The second-order valence-corrected chi connectivity index (χ2v) is 5.30. The molecule has 1 aromatic carbocycles. The number of fused-ring (bicyclic) bond motifs is 1. The zero-order valence-electron chi connectivity index (χ0n) is 13.0. The normalized spacial score (nSPS) is 10.1. The molecule has 8 heteroatoms. The monoisotopic (exact) mass is 351 g/mol. The second kappa shape index (κ2) is 7.50. The molecule has 4 aromatic rings. The molecule has 0 atom stereocenters. The van der Waals surface area contributed by atoms with Crippen LogP contribution >= 0.6 is 11.6 Å². The zero-order valence-corrected chi connectivity index (χ0v) is 13.8. The maximum Gasteiger partial charge on any atom is 0.224 e. The van der Waals surface area contributed by atoms with Gasteiger partial charge in [-0.3, -0.25) is 4.98 Å². The van der Waals surface area contributed by atoms with Crippen LogP contribution in [0.3, 0.4) is 0 Å². The standard InChI is InChI=1S/C13H10N4.C4H4ClN3/c14-12-5-6-16-13(17-12)11-8-15-7-9-3-1-2-4-10(9)11;5-4-7-2-1-3(6)8-4/h1-8H,(H2,14,16,17);1-2H,(H2,6,7,8). The number of nitrogens with zero attached hydrogens (tertiary/aromatic N) is 5. The quantitative estimate of drug-likeness (QED) is 0.506. The van der Waals surface area contributed by atoms with Crippen LogP contribution in [0.15, 0.2) is 61.2 Å². The van der Waals surface area contributed by atoms with E-state index in [4.69, 9.17) is 23.1 Å². The lowest BCUT2D eigenvalue weighted by Crippen LogP contribution is -1.95. The van der Waals surface area contributed by atoms with E-state index in [0.29, 0.717) is 17.5 Å². The number of benzene rings is 1. The Balaban J connectivity index is 0.000000192. The van der Waals surface area contributed by atoms with Crippen molar-refractivity contribution in [3.05, 3.63) is 66.5 Å². The lowest BCUT2D eigenvalue weighted by atomic mass is 10.1. The maximum atomic E-state index is 5.67. The molecule has 0 saturated heterocycles. The second-order valence-electron chi connectivity index (χ2n) is 4.96. The number of nitrogen functional groups attached to an aromatic ring is 2. The molecule has 7 nitrogen and oxygen atoms in total. The van der Waals surface area contributed by atoms with Gasteiger partial charge < -0.3 is 11.5 Å². The number of pyridine rings is 1. The van der Waals surface area contributed by atoms with E-state index in [2.05, 4.69) is 24.9 Å². The Labute approximate surface area is 148 Å². The highest BCUT2D eigenvalue weighted by Crippen LogP contribution is 2.24. The van der Waals surface area contributed by atoms with Crippen LogP contribution in [0.1, 0.15) is 0 Å². The molecule has 3 aromatic heterocycles. The van der Waals surface area contributed by atoms with Crippen molar-refractivity contribution in [1.29, 1.82) is 0 Å². The van der Waals surface area contributed by atoms with E-state index in [-0.39, 0.29) is 5.28 Å². The van der Waals surface area contributed by atoms with Gasteiger partial charge in [0, 0.05) is 35.7 Å². The van der Waals surface area contributed by atoms with Crippen LogP contribution in [-0.2, 0) is 0 Å². The van der Waals surface area contributed by atoms with E-state index >= 15 is 0 Å². The highest BCUT2D eigenvalue weighted by atomic mass is 35.5. The van der Waals surface area contributed by atoms with E-state index in [9.17, 15) is 0 Å². The van der Waals surface area contributed by atoms with E-state index in [0.717, 1.165) is 16.3 Å². The molecule has 0 saturated carbocycles. The fraction of sp³-hybridized carbons (Fsp3) is 0. The highest BCUT2D eigenvalue weighted by Gasteiger charge is 2.06. The summed E-state index contributed by atoms with van der Waals surface area (Å²) in [6.07, 6.45) is 6.74. The molecule has 4 N–H and O–H groups in total. The molecule has 0 spiro atoms. The lowest BCUT2D eigenvalue weighted by Gasteiger charge is -2.04. The van der Waals surface area contributed by atoms with Crippen LogP contribution in [-0.4, -0.2) is 24.9 Å². The van der Waals surface area contributed by atoms with Gasteiger partial charge in [-0.1, -0.05) is 24.3 Å². The first-order valence-corrected chi connectivity index (χ1v) is 7.67. The minimum atomic E-state index is 0.185. The summed E-state index contributed by atoms with van der Waals surface area (Å²) in [5, 5.41) is 2.33. The maximum absolute atomic E-state index is 5.67. The van der Waals surface area contributed by atoms with Crippen LogP contribution in [0, 0.1) is 0 Å². The average molecular weight is 352 g/mol. The third-order valence-electron chi connectivity index (χ3n) is 3.23. The van der Waals surface area contributed by atoms with Crippen LogP contribution in [0.25, 0.3) is 22.2 Å². The number of rotatable bonds is 1. The Morgan fingerprint density at radius 2 is 1.52 bits per heavy atom. The van der Waals surface area contributed by atoms with Gasteiger partial charge in [-0.05, 0) is 29.1 Å². The van der Waals surface area contributed by atoms with Crippen molar-refractivity contribution in [1.82, 2.24) is 24.9 Å². The summed E-state index contributed by atoms with van der Waals surface area (Å²) in [7, 11) is 0. The van der Waals surface area contributed by atoms with Gasteiger partial charge in [0.05, 0.1) is 0 Å². The number of hydrogen-bond donors (Lipinski definition) is 2. The molecule has 0 fully saturated rings. The van der Waals surface area contributed by atoms with Gasteiger partial charge in [0.15, 0.2) is 5.82 Å². The molecule has 0 aliphatic rings. The molecule has 25 heavy (non-hydrogen) atoms. The number of aromatic nitrogens is 5. The van der Waals surface area contributed by atoms with Gasteiger partial charge in [0.1, 0.15) is 11.6 Å². The minimum absolute atomic E-state index is 0.185. The number of hydrogen-bond acceptors (Lipinski definition) is 7. The van der Waals surface area contributed by atoms with Crippen LogP contribution < -0.4 is 11.5 Å². The summed E-state index contributed by atoms with van der Waals surface area (Å²) in [6, 6.07) is 11.2. The van der Waals surface area contributed by atoms with Gasteiger partial charge in [-0.15, -0.1) is 0 Å². The number of nitrogens with two attached hydrogens (primary N) is 2. The topological polar surface area (TPSA) is 116 Å². The van der Waals surface area contributed by atoms with Crippen molar-refractivity contribution >= 4 is 34.0 Å². The number of halogens is 1. The van der Waals surface area contributed by atoms with Crippen molar-refractivity contribution in [3.63, 3.8) is 0 Å². The molecule has 3 heterocycles. The molecule has 0 radical (unpaired) electrons. The minimum Gasteiger partial charge on any atom is -0.384 e. The summed E-state index contributed by atoms with van der Waals surface area (Å²) in [5.41, 5.74) is 11.8. The van der Waals surface area contributed by atoms with Crippen molar-refractivity contribution in [3.8, 4) is 11.4 Å². The predicted molar refractivity (Wildman–Crippen MR) is 98.6 cm³/mol. The van der Waals surface area contributed by atoms with Gasteiger partial charge in [-0.25, -0.2) is 19.9 Å². The summed E-state index contributed by atoms with van der Waals surface area (Å²) < 4.78 is 0. The first kappa shape index (κ1) is 16.5. The van der Waals surface area contributed by atoms with Crippen LogP contribution in [0.5, 0.6) is 0 Å². The average Bonchev–Trinajstić information content (AvgIpc) is 2.61. The van der Waals surface area contributed by atoms with Gasteiger partial charge in [0.2, 0.25) is 5.28 Å². The van der Waals surface area contributed by atoms with Crippen molar-refractivity contribution in [2.75, 3.05) is 11.5 Å². The molecule has 0 bridgehead atoms. The summed E-state index contributed by atoms with van der Waals surface area (Å²) in [5.74, 6) is 1.46. The van der Waals surface area contributed by atoms with Gasteiger partial charge in [0.25, 0.3) is 0 Å². The Kier molecular flexibility index (Phi) is 4.96. The SMILES string of the molecule is Nc1ccnc(-c2cncc3ccccc23)n1.Nc1ccnc(Cl)n1. The smallest absolute Gasteiger partial charge is 0.224 e. The van der Waals surface area contributed by atoms with E-state index in [1.165, 1.54) is 6.20 Å². The largest absolute Gasteiger partial charge is 0.384 e. The summed E-state index contributed by atoms with van der Waals surface area (Å²) in [6.45, 7) is 0. The van der Waals surface area contributed by atoms with Crippen molar-refractivity contribution in [2.24, 2.45) is 0 Å². The van der Waals surface area contributed by atoms with E-state index in [1.54, 1.807) is 24.5 Å². The number of anilines is 2. The first-order chi connectivity index (χ1) is 12.1. The third kappa shape index (κ3) is 4.15. The Hall–Kier alpha value is -3.32. The van der Waals surface area contributed by atoms with E-state index < -0.39 is 0 Å². The molecule has 124 valence electrons. The van der Waals surface area contributed by atoms with Crippen LogP contribution in [0.4, 0.5) is 11.6 Å². The molecular weight excluding hydrogens is 338 g/mol. The van der Waals surface area contributed by atoms with Crippen molar-refractivity contribution in [2.45, 2.75) is 0 Å². The Bertz CT molecular complexity index is 984. The van der Waals surface area contributed by atoms with Gasteiger partial charge in [-0.2, -0.15) is 0 Å². The van der Waals surface area contributed by atoms with Gasteiger partial charge >= 0.3 is 0 Å².